The molecule has 0 unspecified atom stereocenters. The standard InChI is InChI=1S/C16H20N2O3S2/c1-3-11(2)15(19)17-16-18(12-7-5-4-6-8-12)13-9-23(20,21)10-14(13)22-16/h4-8,11,13-14H,3,9-10H2,1-2H3/t11-,13-,14+/m0/s1. The Labute approximate surface area is 141 Å². The number of hydrogen-bond donors (Lipinski definition) is 0. The molecule has 124 valence electrons. The van der Waals surface area contributed by atoms with Crippen molar-refractivity contribution in [2.45, 2.75) is 31.6 Å². The molecule has 0 radical (unpaired) electrons. The lowest BCUT2D eigenvalue weighted by Crippen LogP contribution is -2.37. The van der Waals surface area contributed by atoms with Gasteiger partial charge in [0.05, 0.1) is 17.5 Å². The van der Waals surface area contributed by atoms with Crippen molar-refractivity contribution in [1.82, 2.24) is 0 Å². The molecule has 0 N–H and O–H groups in total. The minimum atomic E-state index is -3.02. The summed E-state index contributed by atoms with van der Waals surface area (Å²) in [6, 6.07) is 9.44. The second kappa shape index (κ2) is 6.28. The lowest BCUT2D eigenvalue weighted by molar-refractivity contribution is -0.121. The SMILES string of the molecule is CC[C@H](C)C(=O)N=C1S[C@@H]2CS(=O)(=O)C[C@@H]2N1c1ccccc1. The van der Waals surface area contributed by atoms with Crippen molar-refractivity contribution in [3.05, 3.63) is 30.3 Å². The van der Waals surface area contributed by atoms with Crippen LogP contribution >= 0.6 is 11.8 Å². The Balaban J connectivity index is 1.97. The zero-order chi connectivity index (χ0) is 16.6. The fraction of sp³-hybridized carbons (Fsp3) is 0.500. The molecular weight excluding hydrogens is 332 g/mol. The molecule has 2 heterocycles. The number of para-hydroxylation sites is 1. The smallest absolute Gasteiger partial charge is 0.250 e. The van der Waals surface area contributed by atoms with Gasteiger partial charge in [-0.15, -0.1) is 0 Å². The third-order valence-corrected chi connectivity index (χ3v) is 7.55. The highest BCUT2D eigenvalue weighted by Gasteiger charge is 2.49. The first-order chi connectivity index (χ1) is 10.9. The Morgan fingerprint density at radius 2 is 2.04 bits per heavy atom. The predicted molar refractivity (Wildman–Crippen MR) is 94.6 cm³/mol. The predicted octanol–water partition coefficient (Wildman–Crippen LogP) is 2.33. The molecule has 23 heavy (non-hydrogen) atoms. The lowest BCUT2D eigenvalue weighted by atomic mass is 10.1. The molecule has 3 rings (SSSR count). The van der Waals surface area contributed by atoms with Crippen LogP contribution in [0.2, 0.25) is 0 Å². The number of carbonyl (C=O) groups is 1. The number of benzene rings is 1. The quantitative estimate of drug-likeness (QED) is 0.835. The largest absolute Gasteiger partial charge is 0.316 e. The molecule has 2 saturated heterocycles. The topological polar surface area (TPSA) is 66.8 Å². The first-order valence-corrected chi connectivity index (χ1v) is 10.5. The van der Waals surface area contributed by atoms with E-state index < -0.39 is 9.84 Å². The number of amidine groups is 1. The zero-order valence-corrected chi connectivity index (χ0v) is 14.8. The van der Waals surface area contributed by atoms with Crippen LogP contribution in [0.25, 0.3) is 0 Å². The molecule has 0 saturated carbocycles. The maximum Gasteiger partial charge on any atom is 0.250 e. The van der Waals surface area contributed by atoms with Gasteiger partial charge in [-0.05, 0) is 18.6 Å². The van der Waals surface area contributed by atoms with Gasteiger partial charge in [-0.1, -0.05) is 43.8 Å². The van der Waals surface area contributed by atoms with Crippen molar-refractivity contribution in [3.63, 3.8) is 0 Å². The van der Waals surface area contributed by atoms with Crippen molar-refractivity contribution in [2.75, 3.05) is 16.4 Å². The molecule has 0 spiro atoms. The van der Waals surface area contributed by atoms with Crippen LogP contribution in [0.3, 0.4) is 0 Å². The van der Waals surface area contributed by atoms with E-state index in [2.05, 4.69) is 4.99 Å². The molecule has 2 aliphatic rings. The molecule has 0 aromatic heterocycles. The second-order valence-corrected chi connectivity index (χ2v) is 9.41. The van der Waals surface area contributed by atoms with Crippen LogP contribution in [0.5, 0.6) is 0 Å². The van der Waals surface area contributed by atoms with Crippen LogP contribution in [0.1, 0.15) is 20.3 Å². The van der Waals surface area contributed by atoms with Gasteiger partial charge in [0.1, 0.15) is 0 Å². The van der Waals surface area contributed by atoms with E-state index in [-0.39, 0.29) is 34.6 Å². The summed E-state index contributed by atoms with van der Waals surface area (Å²) in [6.07, 6.45) is 0.743. The van der Waals surface area contributed by atoms with Crippen LogP contribution in [-0.4, -0.2) is 42.3 Å². The monoisotopic (exact) mass is 352 g/mol. The minimum Gasteiger partial charge on any atom is -0.316 e. The Morgan fingerprint density at radius 3 is 2.70 bits per heavy atom. The van der Waals surface area contributed by atoms with Crippen molar-refractivity contribution in [1.29, 1.82) is 0 Å². The maximum absolute atomic E-state index is 12.2. The molecule has 2 fully saturated rings. The highest BCUT2D eigenvalue weighted by molar-refractivity contribution is 8.16. The number of fused-ring (bicyclic) bond motifs is 1. The number of sulfone groups is 1. The van der Waals surface area contributed by atoms with E-state index in [1.165, 1.54) is 11.8 Å². The molecule has 5 nitrogen and oxygen atoms in total. The van der Waals surface area contributed by atoms with E-state index in [0.29, 0.717) is 5.17 Å². The average Bonchev–Trinajstić information content (AvgIpc) is 2.98. The molecular formula is C16H20N2O3S2. The van der Waals surface area contributed by atoms with Crippen LogP contribution in [0.4, 0.5) is 5.69 Å². The van der Waals surface area contributed by atoms with E-state index in [0.717, 1.165) is 12.1 Å². The van der Waals surface area contributed by atoms with Crippen molar-refractivity contribution >= 4 is 38.4 Å². The normalized spacial score (nSPS) is 28.8. The molecule has 0 bridgehead atoms. The number of nitrogens with zero attached hydrogens (tertiary/aromatic N) is 2. The lowest BCUT2D eigenvalue weighted by Gasteiger charge is -2.24. The van der Waals surface area contributed by atoms with E-state index in [1.807, 2.05) is 49.1 Å². The van der Waals surface area contributed by atoms with Crippen molar-refractivity contribution < 1.29 is 13.2 Å². The fourth-order valence-corrected chi connectivity index (χ4v) is 6.75. The summed E-state index contributed by atoms with van der Waals surface area (Å²) in [6.45, 7) is 3.82. The number of amides is 1. The van der Waals surface area contributed by atoms with Crippen LogP contribution in [0, 0.1) is 5.92 Å². The molecule has 7 heteroatoms. The first kappa shape index (κ1) is 16.5. The van der Waals surface area contributed by atoms with E-state index in [4.69, 9.17) is 0 Å². The average molecular weight is 352 g/mol. The molecule has 2 aliphatic heterocycles. The third-order valence-electron chi connectivity index (χ3n) is 4.34. The van der Waals surface area contributed by atoms with Gasteiger partial charge in [-0.3, -0.25) is 4.79 Å². The van der Waals surface area contributed by atoms with E-state index in [1.54, 1.807) is 0 Å². The molecule has 1 aromatic rings. The number of thioether (sulfide) groups is 1. The summed E-state index contributed by atoms with van der Waals surface area (Å²) in [5.41, 5.74) is 0.889. The van der Waals surface area contributed by atoms with Crippen LogP contribution < -0.4 is 4.90 Å². The zero-order valence-electron chi connectivity index (χ0n) is 13.2. The summed E-state index contributed by atoms with van der Waals surface area (Å²) >= 11 is 1.42. The van der Waals surface area contributed by atoms with E-state index in [9.17, 15) is 13.2 Å². The van der Waals surface area contributed by atoms with Gasteiger partial charge in [0, 0.05) is 16.9 Å². The Morgan fingerprint density at radius 1 is 1.35 bits per heavy atom. The molecule has 1 aromatic carbocycles. The number of aliphatic imine (C=N–C) groups is 1. The summed E-state index contributed by atoms with van der Waals surface area (Å²) in [5.74, 6) is 0.0156. The van der Waals surface area contributed by atoms with Gasteiger partial charge in [0.15, 0.2) is 15.0 Å². The molecule has 1 amide bonds. The Kier molecular flexibility index (Phi) is 4.51. The van der Waals surface area contributed by atoms with Crippen molar-refractivity contribution in [2.24, 2.45) is 10.9 Å². The van der Waals surface area contributed by atoms with Gasteiger partial charge in [-0.25, -0.2) is 8.42 Å². The van der Waals surface area contributed by atoms with Crippen molar-refractivity contribution in [3.8, 4) is 0 Å². The minimum absolute atomic E-state index is 0.0521. The number of carbonyl (C=O) groups excluding carboxylic acids is 1. The summed E-state index contributed by atoms with van der Waals surface area (Å²) < 4.78 is 23.9. The number of rotatable bonds is 3. The molecule has 0 aliphatic carbocycles. The Bertz CT molecular complexity index is 731. The highest BCUT2D eigenvalue weighted by atomic mass is 32.2. The Hall–Kier alpha value is -1.34. The fourth-order valence-electron chi connectivity index (χ4n) is 2.83. The number of anilines is 1. The first-order valence-electron chi connectivity index (χ1n) is 7.75. The van der Waals surface area contributed by atoms with Gasteiger partial charge < -0.3 is 4.90 Å². The highest BCUT2D eigenvalue weighted by Crippen LogP contribution is 2.40. The summed E-state index contributed by atoms with van der Waals surface area (Å²) in [5, 5.41) is 0.579. The van der Waals surface area contributed by atoms with E-state index >= 15 is 0 Å². The van der Waals surface area contributed by atoms with Gasteiger partial charge in [0.2, 0.25) is 0 Å². The third kappa shape index (κ3) is 3.30. The van der Waals surface area contributed by atoms with Gasteiger partial charge in [-0.2, -0.15) is 4.99 Å². The summed E-state index contributed by atoms with van der Waals surface area (Å²) in [4.78, 5) is 18.4. The summed E-state index contributed by atoms with van der Waals surface area (Å²) in [7, 11) is -3.02. The molecule has 3 atom stereocenters. The van der Waals surface area contributed by atoms with Gasteiger partial charge in [0.25, 0.3) is 5.91 Å². The number of hydrogen-bond acceptors (Lipinski definition) is 4. The maximum atomic E-state index is 12.2. The van der Waals surface area contributed by atoms with Crippen LogP contribution in [0.15, 0.2) is 35.3 Å². The van der Waals surface area contributed by atoms with Crippen LogP contribution in [-0.2, 0) is 14.6 Å². The second-order valence-electron chi connectivity index (χ2n) is 6.05. The van der Waals surface area contributed by atoms with Gasteiger partial charge >= 0.3 is 0 Å².